The molecule has 0 atom stereocenters. The molecule has 2 N–H and O–H groups in total. The van der Waals surface area contributed by atoms with Crippen molar-refractivity contribution in [1.29, 1.82) is 0 Å². The lowest BCUT2D eigenvalue weighted by Crippen LogP contribution is -2.13. The lowest BCUT2D eigenvalue weighted by atomic mass is 10.2. The fourth-order valence-electron chi connectivity index (χ4n) is 1.04. The van der Waals surface area contributed by atoms with Crippen molar-refractivity contribution in [3.63, 3.8) is 0 Å². The zero-order chi connectivity index (χ0) is 11.4. The first-order chi connectivity index (χ1) is 6.99. The van der Waals surface area contributed by atoms with Gasteiger partial charge in [-0.25, -0.2) is 9.97 Å². The summed E-state index contributed by atoms with van der Waals surface area (Å²) in [6.45, 7) is 6.00. The van der Waals surface area contributed by atoms with E-state index in [2.05, 4.69) is 9.97 Å². The van der Waals surface area contributed by atoms with Crippen molar-refractivity contribution in [1.82, 2.24) is 9.97 Å². The number of rotatable bonds is 4. The monoisotopic (exact) mass is 225 g/mol. The molecule has 4 nitrogen and oxygen atoms in total. The summed E-state index contributed by atoms with van der Waals surface area (Å²) in [5, 5.41) is 0.810. The summed E-state index contributed by atoms with van der Waals surface area (Å²) in [5.74, 6) is 1.02. The third kappa shape index (κ3) is 3.87. The van der Waals surface area contributed by atoms with Crippen LogP contribution in [0.5, 0.6) is 0 Å². The van der Waals surface area contributed by atoms with Crippen LogP contribution in [0, 0.1) is 6.92 Å². The topological polar surface area (TPSA) is 68.9 Å². The molecular weight excluding hydrogens is 210 g/mol. The number of thioether (sulfide) groups is 1. The normalized spacial score (nSPS) is 10.7. The number of aromatic nitrogens is 2. The quantitative estimate of drug-likeness (QED) is 0.622. The molecule has 1 aromatic rings. The number of nitrogens with two attached hydrogens (primary N) is 1. The Bertz CT molecular complexity index is 366. The molecule has 0 unspecified atom stereocenters. The van der Waals surface area contributed by atoms with Crippen LogP contribution in [-0.4, -0.2) is 21.6 Å². The van der Waals surface area contributed by atoms with Gasteiger partial charge in [0, 0.05) is 11.6 Å². The van der Waals surface area contributed by atoms with E-state index < -0.39 is 0 Å². The number of hydrogen-bond acceptors (Lipinski definition) is 4. The van der Waals surface area contributed by atoms with E-state index in [4.69, 9.17) is 5.73 Å². The van der Waals surface area contributed by atoms with Gasteiger partial charge in [0.2, 0.25) is 5.91 Å². The SMILES string of the molecule is Cc1cc(SCC(N)=O)nc(C(C)C)n1. The average molecular weight is 225 g/mol. The third-order valence-corrected chi connectivity index (χ3v) is 2.66. The van der Waals surface area contributed by atoms with Crippen molar-refractivity contribution < 1.29 is 4.79 Å². The molecule has 0 spiro atoms. The van der Waals surface area contributed by atoms with E-state index in [-0.39, 0.29) is 17.6 Å². The molecule has 0 radical (unpaired) electrons. The molecule has 1 heterocycles. The van der Waals surface area contributed by atoms with Crippen molar-refractivity contribution in [2.45, 2.75) is 31.7 Å². The van der Waals surface area contributed by atoms with E-state index in [1.54, 1.807) is 0 Å². The van der Waals surface area contributed by atoms with Gasteiger partial charge in [-0.1, -0.05) is 25.6 Å². The van der Waals surface area contributed by atoms with Gasteiger partial charge in [-0.15, -0.1) is 0 Å². The van der Waals surface area contributed by atoms with E-state index in [0.717, 1.165) is 16.5 Å². The molecule has 0 aromatic carbocycles. The van der Waals surface area contributed by atoms with Gasteiger partial charge in [-0.3, -0.25) is 4.79 Å². The van der Waals surface area contributed by atoms with E-state index in [0.29, 0.717) is 0 Å². The van der Waals surface area contributed by atoms with E-state index in [9.17, 15) is 4.79 Å². The van der Waals surface area contributed by atoms with Crippen LogP contribution in [-0.2, 0) is 4.79 Å². The van der Waals surface area contributed by atoms with Crippen LogP contribution in [0.4, 0.5) is 0 Å². The van der Waals surface area contributed by atoms with Crippen molar-refractivity contribution in [2.75, 3.05) is 5.75 Å². The first-order valence-corrected chi connectivity index (χ1v) is 5.74. The lowest BCUT2D eigenvalue weighted by molar-refractivity contribution is -0.115. The van der Waals surface area contributed by atoms with Crippen LogP contribution in [0.1, 0.15) is 31.3 Å². The van der Waals surface area contributed by atoms with Gasteiger partial charge in [0.25, 0.3) is 0 Å². The minimum absolute atomic E-state index is 0.258. The first-order valence-electron chi connectivity index (χ1n) is 4.75. The van der Waals surface area contributed by atoms with Gasteiger partial charge in [0.15, 0.2) is 0 Å². The molecule has 0 aliphatic carbocycles. The predicted molar refractivity (Wildman–Crippen MR) is 60.8 cm³/mol. The standard InChI is InChI=1S/C10H15N3OS/c1-6(2)10-12-7(3)4-9(13-10)15-5-8(11)14/h4,6H,5H2,1-3H3,(H2,11,14). The van der Waals surface area contributed by atoms with Gasteiger partial charge >= 0.3 is 0 Å². The maximum absolute atomic E-state index is 10.6. The summed E-state index contributed by atoms with van der Waals surface area (Å²) in [4.78, 5) is 19.3. The molecule has 0 fully saturated rings. The maximum atomic E-state index is 10.6. The summed E-state index contributed by atoms with van der Waals surface area (Å²) in [6.07, 6.45) is 0. The minimum Gasteiger partial charge on any atom is -0.369 e. The van der Waals surface area contributed by atoms with E-state index in [1.165, 1.54) is 11.8 Å². The van der Waals surface area contributed by atoms with Crippen LogP contribution in [0.3, 0.4) is 0 Å². The van der Waals surface area contributed by atoms with Crippen LogP contribution in [0.2, 0.25) is 0 Å². The first kappa shape index (κ1) is 12.0. The second-order valence-electron chi connectivity index (χ2n) is 3.62. The summed E-state index contributed by atoms with van der Waals surface area (Å²) < 4.78 is 0. The number of hydrogen-bond donors (Lipinski definition) is 1. The number of carbonyl (C=O) groups is 1. The van der Waals surface area contributed by atoms with Gasteiger partial charge < -0.3 is 5.73 Å². The molecule has 1 aromatic heterocycles. The summed E-state index contributed by atoms with van der Waals surface area (Å²) in [5.41, 5.74) is 5.99. The Morgan fingerprint density at radius 1 is 1.53 bits per heavy atom. The fraction of sp³-hybridized carbons (Fsp3) is 0.500. The average Bonchev–Trinajstić information content (AvgIpc) is 2.13. The zero-order valence-corrected chi connectivity index (χ0v) is 9.97. The zero-order valence-electron chi connectivity index (χ0n) is 9.15. The Kier molecular flexibility index (Phi) is 4.08. The molecule has 0 saturated carbocycles. The highest BCUT2D eigenvalue weighted by atomic mass is 32.2. The molecule has 15 heavy (non-hydrogen) atoms. The molecule has 0 aliphatic heterocycles. The molecule has 82 valence electrons. The molecule has 0 aliphatic rings. The van der Waals surface area contributed by atoms with Crippen LogP contribution in [0.15, 0.2) is 11.1 Å². The molecular formula is C10H15N3OS. The Hall–Kier alpha value is -1.10. The number of nitrogens with zero attached hydrogens (tertiary/aromatic N) is 2. The summed E-state index contributed by atoms with van der Waals surface area (Å²) in [7, 11) is 0. The van der Waals surface area contributed by atoms with Crippen LogP contribution < -0.4 is 5.73 Å². The maximum Gasteiger partial charge on any atom is 0.227 e. The van der Waals surface area contributed by atoms with Crippen molar-refractivity contribution in [3.05, 3.63) is 17.6 Å². The van der Waals surface area contributed by atoms with Crippen molar-refractivity contribution in [2.24, 2.45) is 5.73 Å². The summed E-state index contributed by atoms with van der Waals surface area (Å²) >= 11 is 1.35. The predicted octanol–water partition coefficient (Wildman–Crippen LogP) is 1.49. The second kappa shape index (κ2) is 5.11. The highest BCUT2D eigenvalue weighted by Crippen LogP contribution is 2.18. The van der Waals surface area contributed by atoms with Gasteiger partial charge in [-0.2, -0.15) is 0 Å². The Morgan fingerprint density at radius 2 is 2.20 bits per heavy atom. The third-order valence-electron chi connectivity index (χ3n) is 1.73. The summed E-state index contributed by atoms with van der Waals surface area (Å²) in [6, 6.07) is 1.86. The molecule has 1 amide bonds. The highest BCUT2D eigenvalue weighted by molar-refractivity contribution is 7.99. The van der Waals surface area contributed by atoms with Crippen LogP contribution in [0.25, 0.3) is 0 Å². The molecule has 5 heteroatoms. The molecule has 0 bridgehead atoms. The van der Waals surface area contributed by atoms with Crippen molar-refractivity contribution >= 4 is 17.7 Å². The van der Waals surface area contributed by atoms with E-state index >= 15 is 0 Å². The van der Waals surface area contributed by atoms with Gasteiger partial charge in [-0.05, 0) is 13.0 Å². The fourth-order valence-corrected chi connectivity index (χ4v) is 1.74. The largest absolute Gasteiger partial charge is 0.369 e. The lowest BCUT2D eigenvalue weighted by Gasteiger charge is -2.07. The smallest absolute Gasteiger partial charge is 0.227 e. The second-order valence-corrected chi connectivity index (χ2v) is 4.61. The number of amides is 1. The van der Waals surface area contributed by atoms with E-state index in [1.807, 2.05) is 26.8 Å². The Morgan fingerprint density at radius 3 is 2.73 bits per heavy atom. The number of aryl methyl sites for hydroxylation is 1. The van der Waals surface area contributed by atoms with Gasteiger partial charge in [0.1, 0.15) is 10.9 Å². The Labute approximate surface area is 93.7 Å². The number of carbonyl (C=O) groups excluding carboxylic acids is 1. The highest BCUT2D eigenvalue weighted by Gasteiger charge is 2.07. The van der Waals surface area contributed by atoms with Crippen molar-refractivity contribution in [3.8, 4) is 0 Å². The Balaban J connectivity index is 2.84. The van der Waals surface area contributed by atoms with Gasteiger partial charge in [0.05, 0.1) is 5.75 Å². The van der Waals surface area contributed by atoms with Crippen LogP contribution >= 0.6 is 11.8 Å². The minimum atomic E-state index is -0.331. The molecule has 0 saturated heterocycles. The number of primary amides is 1. The molecule has 1 rings (SSSR count).